The van der Waals surface area contributed by atoms with Gasteiger partial charge in [-0.1, -0.05) is 19.1 Å². The molecule has 5 rings (SSSR count). The molecule has 31 heavy (non-hydrogen) atoms. The fraction of sp³-hybridized carbons (Fsp3) is 0.208. The molecule has 0 N–H and O–H groups in total. The van der Waals surface area contributed by atoms with Gasteiger partial charge in [-0.25, -0.2) is 0 Å². The Morgan fingerprint density at radius 3 is 2.68 bits per heavy atom. The first-order valence-corrected chi connectivity index (χ1v) is 11.0. The Bertz CT molecular complexity index is 1190. The molecule has 0 saturated heterocycles. The highest BCUT2D eigenvalue weighted by Crippen LogP contribution is 2.38. The van der Waals surface area contributed by atoms with E-state index >= 15 is 0 Å². The fourth-order valence-electron chi connectivity index (χ4n) is 3.98. The largest absolute Gasteiger partial charge is 0.467 e. The van der Waals surface area contributed by atoms with Crippen LogP contribution < -0.4 is 4.90 Å². The summed E-state index contributed by atoms with van der Waals surface area (Å²) in [7, 11) is 0. The van der Waals surface area contributed by atoms with E-state index in [2.05, 4.69) is 6.92 Å². The number of hydrogen-bond donors (Lipinski definition) is 0. The highest BCUT2D eigenvalue weighted by molar-refractivity contribution is 8.00. The number of hydrogen-bond acceptors (Lipinski definition) is 5. The molecule has 3 heterocycles. The minimum absolute atomic E-state index is 0.0667. The molecule has 156 valence electrons. The van der Waals surface area contributed by atoms with E-state index in [-0.39, 0.29) is 23.9 Å². The molecule has 3 amide bonds. The average Bonchev–Trinajstić information content (AvgIpc) is 3.32. The highest BCUT2D eigenvalue weighted by Gasteiger charge is 2.37. The van der Waals surface area contributed by atoms with Crippen LogP contribution in [0, 0.1) is 0 Å². The maximum Gasteiger partial charge on any atom is 0.261 e. The molecular weight excluding hydrogens is 412 g/mol. The van der Waals surface area contributed by atoms with Crippen molar-refractivity contribution in [2.75, 3.05) is 11.4 Å². The topological polar surface area (TPSA) is 70.8 Å². The van der Waals surface area contributed by atoms with Crippen LogP contribution in [0.4, 0.5) is 5.69 Å². The third-order valence-electron chi connectivity index (χ3n) is 5.60. The summed E-state index contributed by atoms with van der Waals surface area (Å²) in [6.45, 7) is 2.82. The van der Waals surface area contributed by atoms with Crippen LogP contribution in [-0.4, -0.2) is 34.4 Å². The number of thioether (sulfide) groups is 1. The van der Waals surface area contributed by atoms with Crippen LogP contribution in [-0.2, 0) is 6.54 Å². The van der Waals surface area contributed by atoms with Crippen LogP contribution in [0.3, 0.4) is 0 Å². The van der Waals surface area contributed by atoms with E-state index in [9.17, 15) is 14.4 Å². The average molecular weight is 433 g/mol. The van der Waals surface area contributed by atoms with Crippen LogP contribution in [0.5, 0.6) is 0 Å². The van der Waals surface area contributed by atoms with Gasteiger partial charge >= 0.3 is 0 Å². The number of amides is 3. The molecule has 0 saturated carbocycles. The standard InChI is InChI=1S/C24H20N2O4S/c1-15-10-11-25(20-6-2-3-7-21(20)31-15)22(27)16-8-9-18-19(13-16)24(29)26(23(18)28)14-17-5-4-12-30-17/h2-9,12-13,15H,10-11,14H2,1H3. The second-order valence-electron chi connectivity index (χ2n) is 7.68. The molecule has 2 aliphatic heterocycles. The van der Waals surface area contributed by atoms with Gasteiger partial charge in [-0.15, -0.1) is 11.8 Å². The normalized spacial score (nSPS) is 18.0. The zero-order valence-corrected chi connectivity index (χ0v) is 17.7. The number of para-hydroxylation sites is 1. The minimum atomic E-state index is -0.411. The number of rotatable bonds is 3. The van der Waals surface area contributed by atoms with E-state index in [0.29, 0.717) is 28.7 Å². The molecule has 1 unspecified atom stereocenters. The third kappa shape index (κ3) is 3.45. The van der Waals surface area contributed by atoms with Gasteiger partial charge in [0, 0.05) is 22.3 Å². The number of nitrogens with zero attached hydrogens (tertiary/aromatic N) is 2. The molecule has 2 aliphatic rings. The maximum atomic E-state index is 13.4. The van der Waals surface area contributed by atoms with Gasteiger partial charge < -0.3 is 9.32 Å². The van der Waals surface area contributed by atoms with Crippen LogP contribution in [0.2, 0.25) is 0 Å². The number of imide groups is 1. The Kier molecular flexibility index (Phi) is 4.90. The Labute approximate surface area is 183 Å². The SMILES string of the molecule is CC1CCN(C(=O)c2ccc3c(c2)C(=O)N(Cc2ccco2)C3=O)c2ccccc2S1. The summed E-state index contributed by atoms with van der Waals surface area (Å²) in [5, 5.41) is 0.397. The lowest BCUT2D eigenvalue weighted by molar-refractivity contribution is 0.0631. The predicted octanol–water partition coefficient (Wildman–Crippen LogP) is 4.61. The Morgan fingerprint density at radius 1 is 1.06 bits per heavy atom. The summed E-state index contributed by atoms with van der Waals surface area (Å²) in [6.07, 6.45) is 2.37. The van der Waals surface area contributed by atoms with E-state index in [4.69, 9.17) is 4.42 Å². The van der Waals surface area contributed by atoms with Crippen molar-refractivity contribution in [1.29, 1.82) is 0 Å². The van der Waals surface area contributed by atoms with Crippen LogP contribution >= 0.6 is 11.8 Å². The van der Waals surface area contributed by atoms with Crippen molar-refractivity contribution in [1.82, 2.24) is 4.90 Å². The molecule has 6 nitrogen and oxygen atoms in total. The van der Waals surface area contributed by atoms with Crippen LogP contribution in [0.25, 0.3) is 0 Å². The monoisotopic (exact) mass is 432 g/mol. The van der Waals surface area contributed by atoms with Gasteiger partial charge in [-0.2, -0.15) is 0 Å². The zero-order valence-electron chi connectivity index (χ0n) is 16.9. The molecule has 0 radical (unpaired) electrons. The Balaban J connectivity index is 1.46. The summed E-state index contributed by atoms with van der Waals surface area (Å²) in [4.78, 5) is 43.1. The van der Waals surface area contributed by atoms with E-state index in [1.165, 1.54) is 6.26 Å². The summed E-state index contributed by atoms with van der Waals surface area (Å²) in [5.74, 6) is -0.430. The molecule has 3 aromatic rings. The van der Waals surface area contributed by atoms with E-state index in [1.807, 2.05) is 24.3 Å². The molecule has 0 aliphatic carbocycles. The maximum absolute atomic E-state index is 13.4. The molecule has 0 bridgehead atoms. The van der Waals surface area contributed by atoms with E-state index in [0.717, 1.165) is 21.9 Å². The van der Waals surface area contributed by atoms with Gasteiger partial charge in [0.15, 0.2) is 0 Å². The van der Waals surface area contributed by atoms with Crippen molar-refractivity contribution in [3.8, 4) is 0 Å². The van der Waals surface area contributed by atoms with Gasteiger partial charge in [0.1, 0.15) is 5.76 Å². The lowest BCUT2D eigenvalue weighted by Gasteiger charge is -2.22. The number of fused-ring (bicyclic) bond motifs is 2. The van der Waals surface area contributed by atoms with Gasteiger partial charge in [0.2, 0.25) is 0 Å². The predicted molar refractivity (Wildman–Crippen MR) is 117 cm³/mol. The van der Waals surface area contributed by atoms with E-state index < -0.39 is 5.91 Å². The molecule has 2 aromatic carbocycles. The molecule has 0 spiro atoms. The second-order valence-corrected chi connectivity index (χ2v) is 9.16. The second kappa shape index (κ2) is 7.74. The number of furan rings is 1. The minimum Gasteiger partial charge on any atom is -0.467 e. The highest BCUT2D eigenvalue weighted by atomic mass is 32.2. The summed E-state index contributed by atoms with van der Waals surface area (Å²) in [6, 6.07) is 16.1. The smallest absolute Gasteiger partial charge is 0.261 e. The zero-order chi connectivity index (χ0) is 21.5. The lowest BCUT2D eigenvalue weighted by Crippen LogP contribution is -2.32. The van der Waals surface area contributed by atoms with Gasteiger partial charge in [-0.3, -0.25) is 19.3 Å². The van der Waals surface area contributed by atoms with Crippen molar-refractivity contribution in [2.24, 2.45) is 0 Å². The van der Waals surface area contributed by atoms with E-state index in [1.54, 1.807) is 47.0 Å². The van der Waals surface area contributed by atoms with Crippen LogP contribution in [0.1, 0.15) is 50.2 Å². The quantitative estimate of drug-likeness (QED) is 0.566. The van der Waals surface area contributed by atoms with Crippen molar-refractivity contribution in [3.63, 3.8) is 0 Å². The molecule has 1 aromatic heterocycles. The Morgan fingerprint density at radius 2 is 1.87 bits per heavy atom. The number of carbonyl (C=O) groups excluding carboxylic acids is 3. The Hall–Kier alpha value is -3.32. The van der Waals surface area contributed by atoms with Gasteiger partial charge in [-0.05, 0) is 48.9 Å². The summed E-state index contributed by atoms with van der Waals surface area (Å²) >= 11 is 1.76. The lowest BCUT2D eigenvalue weighted by atomic mass is 10.0. The number of carbonyl (C=O) groups is 3. The molecular formula is C24H20N2O4S. The summed E-state index contributed by atoms with van der Waals surface area (Å²) in [5.41, 5.74) is 1.85. The molecule has 1 atom stereocenters. The van der Waals surface area contributed by atoms with Gasteiger partial charge in [0.05, 0.1) is 29.6 Å². The van der Waals surface area contributed by atoms with Gasteiger partial charge in [0.25, 0.3) is 17.7 Å². The van der Waals surface area contributed by atoms with Crippen LogP contribution in [0.15, 0.2) is 70.2 Å². The van der Waals surface area contributed by atoms with Crippen molar-refractivity contribution < 1.29 is 18.8 Å². The molecule has 7 heteroatoms. The first-order valence-electron chi connectivity index (χ1n) is 10.1. The first kappa shape index (κ1) is 19.6. The van der Waals surface area contributed by atoms with Crippen molar-refractivity contribution in [2.45, 2.75) is 30.0 Å². The number of anilines is 1. The fourth-order valence-corrected chi connectivity index (χ4v) is 5.09. The third-order valence-corrected chi connectivity index (χ3v) is 6.84. The summed E-state index contributed by atoms with van der Waals surface area (Å²) < 4.78 is 5.28. The van der Waals surface area contributed by atoms with Crippen molar-refractivity contribution >= 4 is 35.2 Å². The van der Waals surface area contributed by atoms with Crippen molar-refractivity contribution in [3.05, 3.63) is 83.3 Å². The first-order chi connectivity index (χ1) is 15.0. The number of benzene rings is 2. The molecule has 0 fully saturated rings.